The monoisotopic (exact) mass is 376 g/mol. The minimum absolute atomic E-state index is 0.119. The molecule has 0 saturated heterocycles. The average molecular weight is 376 g/mol. The van der Waals surface area contributed by atoms with E-state index in [2.05, 4.69) is 54.4 Å². The summed E-state index contributed by atoms with van der Waals surface area (Å²) < 4.78 is 5.64. The number of hydrogen-bond donors (Lipinski definition) is 2. The Morgan fingerprint density at radius 1 is 1.30 bits per heavy atom. The Labute approximate surface area is 162 Å². The van der Waals surface area contributed by atoms with Gasteiger partial charge in [0.05, 0.1) is 17.2 Å². The van der Waals surface area contributed by atoms with Crippen molar-refractivity contribution >= 4 is 11.3 Å². The van der Waals surface area contributed by atoms with Crippen molar-refractivity contribution in [2.75, 3.05) is 0 Å². The first-order valence-electron chi connectivity index (χ1n) is 8.87. The van der Waals surface area contributed by atoms with Crippen molar-refractivity contribution in [3.05, 3.63) is 69.2 Å². The number of nitriles is 1. The van der Waals surface area contributed by atoms with Gasteiger partial charge in [-0.15, -0.1) is 16.4 Å². The molecule has 6 heteroatoms. The van der Waals surface area contributed by atoms with Gasteiger partial charge in [-0.25, -0.2) is 0 Å². The first-order valence-corrected chi connectivity index (χ1v) is 9.75. The molecule has 0 aliphatic carbocycles. The van der Waals surface area contributed by atoms with Crippen LogP contribution in [0.3, 0.4) is 0 Å². The first-order chi connectivity index (χ1) is 13.1. The maximum absolute atomic E-state index is 9.68. The lowest BCUT2D eigenvalue weighted by Crippen LogP contribution is -2.20. The van der Waals surface area contributed by atoms with Gasteiger partial charge in [-0.1, -0.05) is 44.2 Å². The zero-order valence-corrected chi connectivity index (χ0v) is 16.0. The fourth-order valence-corrected chi connectivity index (χ4v) is 4.33. The van der Waals surface area contributed by atoms with E-state index in [1.807, 2.05) is 17.5 Å². The van der Waals surface area contributed by atoms with Crippen molar-refractivity contribution in [3.8, 4) is 23.2 Å². The summed E-state index contributed by atoms with van der Waals surface area (Å²) in [5.74, 6) is 0.890. The van der Waals surface area contributed by atoms with Gasteiger partial charge in [0, 0.05) is 10.4 Å². The van der Waals surface area contributed by atoms with Crippen LogP contribution in [0.4, 0.5) is 0 Å². The van der Waals surface area contributed by atoms with Gasteiger partial charge in [0.25, 0.3) is 0 Å². The predicted molar refractivity (Wildman–Crippen MR) is 106 cm³/mol. The Kier molecular flexibility index (Phi) is 4.46. The van der Waals surface area contributed by atoms with Crippen LogP contribution < -0.4 is 10.5 Å². The Morgan fingerprint density at radius 2 is 2.07 bits per heavy atom. The maximum atomic E-state index is 9.68. The van der Waals surface area contributed by atoms with Crippen LogP contribution in [0, 0.1) is 17.2 Å². The summed E-state index contributed by atoms with van der Waals surface area (Å²) in [6.45, 7) is 4.42. The quantitative estimate of drug-likeness (QED) is 0.699. The Balaban J connectivity index is 1.81. The maximum Gasteiger partial charge on any atom is 0.244 e. The van der Waals surface area contributed by atoms with Crippen molar-refractivity contribution < 1.29 is 4.74 Å². The molecule has 3 N–H and O–H groups in total. The highest BCUT2D eigenvalue weighted by Crippen LogP contribution is 2.46. The third kappa shape index (κ3) is 3.11. The molecule has 0 fully saturated rings. The Morgan fingerprint density at radius 3 is 2.70 bits per heavy atom. The van der Waals surface area contributed by atoms with Crippen molar-refractivity contribution in [1.29, 1.82) is 5.26 Å². The lowest BCUT2D eigenvalue weighted by atomic mass is 9.87. The third-order valence-electron chi connectivity index (χ3n) is 4.65. The summed E-state index contributed by atoms with van der Waals surface area (Å²) in [5.41, 5.74) is 10.5. The van der Waals surface area contributed by atoms with Crippen LogP contribution in [0.1, 0.15) is 35.8 Å². The molecule has 4 rings (SSSR count). The number of ether oxygens (including phenoxy) is 1. The first kappa shape index (κ1) is 17.4. The number of thiophene rings is 1. The van der Waals surface area contributed by atoms with Crippen LogP contribution in [0.25, 0.3) is 11.3 Å². The number of nitrogens with one attached hydrogen (secondary N) is 1. The summed E-state index contributed by atoms with van der Waals surface area (Å²) in [6, 6.07) is 14.7. The van der Waals surface area contributed by atoms with E-state index in [0.29, 0.717) is 17.4 Å². The van der Waals surface area contributed by atoms with Gasteiger partial charge >= 0.3 is 0 Å². The molecule has 27 heavy (non-hydrogen) atoms. The highest BCUT2D eigenvalue weighted by Gasteiger charge is 2.36. The summed E-state index contributed by atoms with van der Waals surface area (Å²) in [6.07, 6.45) is 1.04. The molecule has 3 aromatic rings. The van der Waals surface area contributed by atoms with Gasteiger partial charge in [-0.05, 0) is 29.3 Å². The number of aromatic amines is 1. The molecule has 3 heterocycles. The van der Waals surface area contributed by atoms with Crippen LogP contribution in [0.15, 0.2) is 53.2 Å². The average Bonchev–Trinajstić information content (AvgIpc) is 3.30. The SMILES string of the molecule is CC(C)Cc1ccc(-c2[nH]nc3c2[C@H](c2cccs2)C(C#N)=C(N)O3)cc1. The molecule has 0 amide bonds. The van der Waals surface area contributed by atoms with Gasteiger partial charge in [-0.2, -0.15) is 5.26 Å². The lowest BCUT2D eigenvalue weighted by molar-refractivity contribution is 0.379. The smallest absolute Gasteiger partial charge is 0.244 e. The summed E-state index contributed by atoms with van der Waals surface area (Å²) in [4.78, 5) is 1.04. The number of nitrogens with two attached hydrogens (primary N) is 1. The molecular weight excluding hydrogens is 356 g/mol. The van der Waals surface area contributed by atoms with Gasteiger partial charge in [0.2, 0.25) is 11.8 Å². The van der Waals surface area contributed by atoms with Crippen molar-refractivity contribution in [2.24, 2.45) is 11.7 Å². The number of benzene rings is 1. The summed E-state index contributed by atoms with van der Waals surface area (Å²) in [7, 11) is 0. The number of aromatic nitrogens is 2. The molecule has 5 nitrogen and oxygen atoms in total. The van der Waals surface area contributed by atoms with Crippen LogP contribution in [0.5, 0.6) is 5.88 Å². The van der Waals surface area contributed by atoms with E-state index >= 15 is 0 Å². The second-order valence-corrected chi connectivity index (χ2v) is 8.03. The summed E-state index contributed by atoms with van der Waals surface area (Å²) >= 11 is 1.59. The largest absolute Gasteiger partial charge is 0.420 e. The van der Waals surface area contributed by atoms with Gasteiger partial charge < -0.3 is 10.5 Å². The molecule has 0 radical (unpaired) electrons. The zero-order valence-electron chi connectivity index (χ0n) is 15.2. The predicted octanol–water partition coefficient (Wildman–Crippen LogP) is 4.55. The normalized spacial score (nSPS) is 16.1. The van der Waals surface area contributed by atoms with E-state index in [4.69, 9.17) is 10.5 Å². The third-order valence-corrected chi connectivity index (χ3v) is 5.59. The van der Waals surface area contributed by atoms with E-state index in [1.165, 1.54) is 5.56 Å². The fourth-order valence-electron chi connectivity index (χ4n) is 3.48. The second kappa shape index (κ2) is 6.93. The van der Waals surface area contributed by atoms with E-state index in [9.17, 15) is 5.26 Å². The van der Waals surface area contributed by atoms with Crippen molar-refractivity contribution in [2.45, 2.75) is 26.2 Å². The summed E-state index contributed by atoms with van der Waals surface area (Å²) in [5, 5.41) is 19.1. The van der Waals surface area contributed by atoms with E-state index in [0.717, 1.165) is 28.1 Å². The second-order valence-electron chi connectivity index (χ2n) is 7.05. The van der Waals surface area contributed by atoms with E-state index in [-0.39, 0.29) is 11.8 Å². The van der Waals surface area contributed by atoms with Gasteiger partial charge in [0.15, 0.2) is 0 Å². The Hall–Kier alpha value is -3.04. The standard InChI is InChI=1S/C21H20N4OS/c1-12(2)10-13-5-7-14(8-6-13)19-18-17(16-4-3-9-27-16)15(11-22)20(23)26-21(18)25-24-19/h3-9,12,17H,10,23H2,1-2H3,(H,24,25)/t17-/m0/s1. The van der Waals surface area contributed by atoms with E-state index in [1.54, 1.807) is 11.3 Å². The van der Waals surface area contributed by atoms with Crippen molar-refractivity contribution in [1.82, 2.24) is 10.2 Å². The molecular formula is C21H20N4OS. The molecule has 1 atom stereocenters. The molecule has 0 unspecified atom stereocenters. The topological polar surface area (TPSA) is 87.7 Å². The number of rotatable bonds is 4. The lowest BCUT2D eigenvalue weighted by Gasteiger charge is -2.22. The molecule has 0 saturated carbocycles. The highest BCUT2D eigenvalue weighted by atomic mass is 32.1. The van der Waals surface area contributed by atoms with Gasteiger partial charge in [-0.3, -0.25) is 5.10 Å². The molecule has 2 aromatic heterocycles. The molecule has 1 aliphatic rings. The Bertz CT molecular complexity index is 1020. The number of H-pyrrole nitrogens is 1. The van der Waals surface area contributed by atoms with Crippen LogP contribution >= 0.6 is 11.3 Å². The molecule has 0 spiro atoms. The molecule has 136 valence electrons. The van der Waals surface area contributed by atoms with Crippen molar-refractivity contribution in [3.63, 3.8) is 0 Å². The zero-order chi connectivity index (χ0) is 19.0. The number of allylic oxidation sites excluding steroid dienone is 1. The fraction of sp³-hybridized carbons (Fsp3) is 0.238. The molecule has 1 aliphatic heterocycles. The highest BCUT2D eigenvalue weighted by molar-refractivity contribution is 7.10. The van der Waals surface area contributed by atoms with Crippen LogP contribution in [0.2, 0.25) is 0 Å². The number of nitrogens with zero attached hydrogens (tertiary/aromatic N) is 2. The molecule has 0 bridgehead atoms. The van der Waals surface area contributed by atoms with Crippen LogP contribution in [-0.2, 0) is 6.42 Å². The van der Waals surface area contributed by atoms with E-state index < -0.39 is 0 Å². The van der Waals surface area contributed by atoms with Gasteiger partial charge in [0.1, 0.15) is 11.6 Å². The van der Waals surface area contributed by atoms with Crippen LogP contribution in [-0.4, -0.2) is 10.2 Å². The number of fused-ring (bicyclic) bond motifs is 1. The number of hydrogen-bond acceptors (Lipinski definition) is 5. The molecule has 1 aromatic carbocycles. The minimum Gasteiger partial charge on any atom is -0.420 e. The minimum atomic E-state index is -0.275.